The molecule has 2 saturated heterocycles. The number of hydrogen-bond acceptors (Lipinski definition) is 4. The summed E-state index contributed by atoms with van der Waals surface area (Å²) >= 11 is 1.47. The van der Waals surface area contributed by atoms with Crippen LogP contribution >= 0.6 is 11.3 Å². The summed E-state index contributed by atoms with van der Waals surface area (Å²) in [6, 6.07) is 4.36. The number of amides is 1. The van der Waals surface area contributed by atoms with E-state index in [0.29, 0.717) is 12.6 Å². The fraction of sp³-hybridized carbons (Fsp3) is 0.615. The van der Waals surface area contributed by atoms with Crippen molar-refractivity contribution in [2.75, 3.05) is 26.2 Å². The minimum Gasteiger partial charge on any atom is -0.373 e. The Hall–Kier alpha value is -0.910. The second kappa shape index (κ2) is 5.38. The zero-order chi connectivity index (χ0) is 12.4. The van der Waals surface area contributed by atoms with Crippen LogP contribution in [0.25, 0.3) is 0 Å². The number of ether oxygens (including phenoxy) is 1. The first-order chi connectivity index (χ1) is 8.83. The van der Waals surface area contributed by atoms with Crippen molar-refractivity contribution in [1.82, 2.24) is 10.2 Å². The molecule has 0 aromatic carbocycles. The normalized spacial score (nSPS) is 28.0. The van der Waals surface area contributed by atoms with Crippen LogP contribution in [0, 0.1) is 0 Å². The van der Waals surface area contributed by atoms with E-state index in [2.05, 4.69) is 10.2 Å². The molecule has 2 aliphatic heterocycles. The predicted molar refractivity (Wildman–Crippen MR) is 71.0 cm³/mol. The average molecular weight is 266 g/mol. The molecule has 1 amide bonds. The van der Waals surface area contributed by atoms with Crippen molar-refractivity contribution in [2.45, 2.75) is 25.0 Å². The maximum Gasteiger partial charge on any atom is 0.261 e. The van der Waals surface area contributed by atoms with Gasteiger partial charge in [0.25, 0.3) is 5.91 Å². The Morgan fingerprint density at radius 1 is 1.61 bits per heavy atom. The van der Waals surface area contributed by atoms with E-state index in [-0.39, 0.29) is 12.0 Å². The number of rotatable bonds is 3. The lowest BCUT2D eigenvalue weighted by Gasteiger charge is -2.35. The van der Waals surface area contributed by atoms with E-state index in [1.54, 1.807) is 0 Å². The van der Waals surface area contributed by atoms with E-state index >= 15 is 0 Å². The molecule has 1 aromatic heterocycles. The Morgan fingerprint density at radius 3 is 3.39 bits per heavy atom. The average Bonchev–Trinajstić information content (AvgIpc) is 3.05. The summed E-state index contributed by atoms with van der Waals surface area (Å²) < 4.78 is 5.81. The second-order valence-electron chi connectivity index (χ2n) is 4.93. The Labute approximate surface area is 111 Å². The van der Waals surface area contributed by atoms with Crippen LogP contribution < -0.4 is 5.32 Å². The molecule has 3 rings (SSSR count). The zero-order valence-electron chi connectivity index (χ0n) is 10.3. The van der Waals surface area contributed by atoms with Crippen LogP contribution in [0.15, 0.2) is 17.5 Å². The molecule has 0 radical (unpaired) electrons. The zero-order valence-corrected chi connectivity index (χ0v) is 11.1. The van der Waals surface area contributed by atoms with Crippen LogP contribution in [-0.2, 0) is 4.74 Å². The number of fused-ring (bicyclic) bond motifs is 1. The smallest absolute Gasteiger partial charge is 0.261 e. The Balaban J connectivity index is 1.47. The third kappa shape index (κ3) is 2.58. The molecule has 1 aromatic rings. The van der Waals surface area contributed by atoms with Crippen LogP contribution in [0.2, 0.25) is 0 Å². The van der Waals surface area contributed by atoms with E-state index in [1.165, 1.54) is 30.7 Å². The molecular weight excluding hydrogens is 248 g/mol. The van der Waals surface area contributed by atoms with Crippen molar-refractivity contribution in [3.05, 3.63) is 22.4 Å². The minimum atomic E-state index is 0.0112. The molecule has 2 atom stereocenters. The first-order valence-corrected chi connectivity index (χ1v) is 7.38. The summed E-state index contributed by atoms with van der Waals surface area (Å²) in [4.78, 5) is 15.1. The maximum absolute atomic E-state index is 11.8. The molecule has 4 nitrogen and oxygen atoms in total. The number of thiophene rings is 1. The third-order valence-electron chi connectivity index (χ3n) is 3.70. The summed E-state index contributed by atoms with van der Waals surface area (Å²) in [7, 11) is 0. The monoisotopic (exact) mass is 266 g/mol. The number of carbonyl (C=O) groups is 1. The molecule has 3 heterocycles. The molecule has 18 heavy (non-hydrogen) atoms. The lowest BCUT2D eigenvalue weighted by atomic mass is 10.2. The maximum atomic E-state index is 11.8. The molecule has 2 aliphatic rings. The number of hydrogen-bond donors (Lipinski definition) is 1. The van der Waals surface area contributed by atoms with Crippen LogP contribution in [0.4, 0.5) is 0 Å². The van der Waals surface area contributed by atoms with Gasteiger partial charge in [0.2, 0.25) is 0 Å². The lowest BCUT2D eigenvalue weighted by Crippen LogP contribution is -2.50. The number of morpholine rings is 1. The quantitative estimate of drug-likeness (QED) is 0.897. The molecule has 0 bridgehead atoms. The topological polar surface area (TPSA) is 41.6 Å². The summed E-state index contributed by atoms with van der Waals surface area (Å²) in [6.07, 6.45) is 2.68. The minimum absolute atomic E-state index is 0.0112. The van der Waals surface area contributed by atoms with Gasteiger partial charge in [-0.15, -0.1) is 11.3 Å². The van der Waals surface area contributed by atoms with Gasteiger partial charge in [-0.05, 0) is 30.8 Å². The summed E-state index contributed by atoms with van der Waals surface area (Å²) in [6.45, 7) is 3.57. The van der Waals surface area contributed by atoms with Crippen LogP contribution in [0.5, 0.6) is 0 Å². The fourth-order valence-corrected chi connectivity index (χ4v) is 3.35. The van der Waals surface area contributed by atoms with Gasteiger partial charge < -0.3 is 10.1 Å². The highest BCUT2D eigenvalue weighted by atomic mass is 32.1. The second-order valence-corrected chi connectivity index (χ2v) is 5.88. The molecular formula is C13H18N2O2S. The Bertz CT molecular complexity index is 407. The van der Waals surface area contributed by atoms with Crippen LogP contribution in [-0.4, -0.2) is 49.2 Å². The van der Waals surface area contributed by atoms with E-state index in [4.69, 9.17) is 4.74 Å². The largest absolute Gasteiger partial charge is 0.373 e. The number of nitrogens with one attached hydrogen (secondary N) is 1. The molecule has 0 spiro atoms. The van der Waals surface area contributed by atoms with Gasteiger partial charge in [0.05, 0.1) is 17.6 Å². The van der Waals surface area contributed by atoms with E-state index in [9.17, 15) is 4.79 Å². The summed E-state index contributed by atoms with van der Waals surface area (Å²) in [5, 5.41) is 4.87. The van der Waals surface area contributed by atoms with Gasteiger partial charge in [0.15, 0.2) is 0 Å². The van der Waals surface area contributed by atoms with E-state index < -0.39 is 0 Å². The van der Waals surface area contributed by atoms with Crippen LogP contribution in [0.1, 0.15) is 22.5 Å². The van der Waals surface area contributed by atoms with Crippen molar-refractivity contribution in [1.29, 1.82) is 0 Å². The fourth-order valence-electron chi connectivity index (χ4n) is 2.71. The van der Waals surface area contributed by atoms with E-state index in [1.807, 2.05) is 17.5 Å². The predicted octanol–water partition coefficient (Wildman–Crippen LogP) is 1.34. The molecule has 2 fully saturated rings. The van der Waals surface area contributed by atoms with Gasteiger partial charge in [-0.3, -0.25) is 9.69 Å². The van der Waals surface area contributed by atoms with Crippen molar-refractivity contribution >= 4 is 17.2 Å². The summed E-state index contributed by atoms with van der Waals surface area (Å²) in [5.41, 5.74) is 0. The molecule has 5 heteroatoms. The van der Waals surface area contributed by atoms with Crippen molar-refractivity contribution in [2.24, 2.45) is 0 Å². The Kier molecular flexibility index (Phi) is 3.63. The van der Waals surface area contributed by atoms with Gasteiger partial charge >= 0.3 is 0 Å². The highest BCUT2D eigenvalue weighted by Crippen LogP contribution is 2.22. The Morgan fingerprint density at radius 2 is 2.56 bits per heavy atom. The van der Waals surface area contributed by atoms with Gasteiger partial charge in [0.1, 0.15) is 0 Å². The van der Waals surface area contributed by atoms with Crippen molar-refractivity contribution in [3.8, 4) is 0 Å². The van der Waals surface area contributed by atoms with Gasteiger partial charge in [-0.1, -0.05) is 6.07 Å². The first-order valence-electron chi connectivity index (χ1n) is 6.50. The van der Waals surface area contributed by atoms with Crippen molar-refractivity contribution < 1.29 is 9.53 Å². The summed E-state index contributed by atoms with van der Waals surface area (Å²) in [5.74, 6) is 0.0112. The SMILES string of the molecule is O=C(NCC1CN2CCCC2CO1)c1cccs1. The molecule has 98 valence electrons. The standard InChI is InChI=1S/C13H18N2O2S/c16-13(12-4-2-6-18-12)14-7-11-8-15-5-1-3-10(15)9-17-11/h2,4,6,10-11H,1,3,5,7-9H2,(H,14,16). The lowest BCUT2D eigenvalue weighted by molar-refractivity contribution is -0.0461. The van der Waals surface area contributed by atoms with Crippen molar-refractivity contribution in [3.63, 3.8) is 0 Å². The number of nitrogens with zero attached hydrogens (tertiary/aromatic N) is 1. The molecule has 1 N–H and O–H groups in total. The van der Waals surface area contributed by atoms with Gasteiger partial charge in [-0.25, -0.2) is 0 Å². The molecule has 0 saturated carbocycles. The van der Waals surface area contributed by atoms with E-state index in [0.717, 1.165) is 18.0 Å². The molecule has 0 aliphatic carbocycles. The first kappa shape index (κ1) is 12.1. The third-order valence-corrected chi connectivity index (χ3v) is 4.57. The van der Waals surface area contributed by atoms with Crippen LogP contribution in [0.3, 0.4) is 0 Å². The van der Waals surface area contributed by atoms with Gasteiger partial charge in [0, 0.05) is 19.1 Å². The van der Waals surface area contributed by atoms with Gasteiger partial charge in [-0.2, -0.15) is 0 Å². The number of carbonyl (C=O) groups excluding carboxylic acids is 1. The highest BCUT2D eigenvalue weighted by molar-refractivity contribution is 7.12. The highest BCUT2D eigenvalue weighted by Gasteiger charge is 2.32. The molecule has 2 unspecified atom stereocenters.